The third kappa shape index (κ3) is 4.16. The van der Waals surface area contributed by atoms with Gasteiger partial charge in [0.25, 0.3) is 0 Å². The maximum absolute atomic E-state index is 12.1. The number of nitrogens with one attached hydrogen (secondary N) is 2. The quantitative estimate of drug-likeness (QED) is 0.816. The Bertz CT molecular complexity index is 856. The molecular weight excluding hydrogens is 340 g/mol. The molecule has 25 heavy (non-hydrogen) atoms. The number of hydrogen-bond acceptors (Lipinski definition) is 7. The van der Waals surface area contributed by atoms with Crippen molar-refractivity contribution in [3.63, 3.8) is 0 Å². The summed E-state index contributed by atoms with van der Waals surface area (Å²) in [5.74, 6) is 0.526. The lowest BCUT2D eigenvalue weighted by Crippen LogP contribution is -2.30. The summed E-state index contributed by atoms with van der Waals surface area (Å²) in [4.78, 5) is 8.98. The third-order valence-corrected chi connectivity index (χ3v) is 5.53. The minimum Gasteiger partial charge on any atom is -0.350 e. The second kappa shape index (κ2) is 7.09. The molecule has 2 aromatic heterocycles. The Morgan fingerprint density at radius 2 is 2.24 bits per heavy atom. The van der Waals surface area contributed by atoms with Gasteiger partial charge >= 0.3 is 0 Å². The van der Waals surface area contributed by atoms with Crippen molar-refractivity contribution >= 4 is 15.8 Å². The molecule has 136 valence electrons. The van der Waals surface area contributed by atoms with E-state index in [2.05, 4.69) is 25.7 Å². The van der Waals surface area contributed by atoms with Gasteiger partial charge in [0.1, 0.15) is 4.90 Å². The van der Waals surface area contributed by atoms with Gasteiger partial charge in [0.2, 0.25) is 5.95 Å². The van der Waals surface area contributed by atoms with E-state index in [4.69, 9.17) is 0 Å². The molecule has 2 N–H and O–H groups in total. The molecule has 0 amide bonds. The van der Waals surface area contributed by atoms with Crippen molar-refractivity contribution in [3.8, 4) is 0 Å². The summed E-state index contributed by atoms with van der Waals surface area (Å²) in [7, 11) is -1.49. The second-order valence-corrected chi connectivity index (χ2v) is 8.51. The fourth-order valence-electron chi connectivity index (χ4n) is 3.13. The van der Waals surface area contributed by atoms with Crippen LogP contribution in [0.1, 0.15) is 35.7 Å². The lowest BCUT2D eigenvalue weighted by molar-refractivity contribution is 0.448. The van der Waals surface area contributed by atoms with E-state index in [0.29, 0.717) is 18.2 Å². The molecule has 0 spiro atoms. The van der Waals surface area contributed by atoms with E-state index in [-0.39, 0.29) is 10.8 Å². The maximum Gasteiger partial charge on any atom is 0.223 e. The summed E-state index contributed by atoms with van der Waals surface area (Å²) < 4.78 is 26.0. The van der Waals surface area contributed by atoms with Gasteiger partial charge in [-0.3, -0.25) is 4.68 Å². The lowest BCUT2D eigenvalue weighted by atomic mass is 9.96. The number of rotatable bonds is 5. The normalized spacial score (nSPS) is 18.3. The van der Waals surface area contributed by atoms with E-state index in [1.807, 2.05) is 20.2 Å². The largest absolute Gasteiger partial charge is 0.350 e. The Kier molecular flexibility index (Phi) is 5.05. The van der Waals surface area contributed by atoms with Crippen LogP contribution in [0.25, 0.3) is 0 Å². The average Bonchev–Trinajstić information content (AvgIpc) is 2.90. The Morgan fingerprint density at radius 1 is 1.44 bits per heavy atom. The minimum atomic E-state index is -3.36. The molecule has 2 aromatic rings. The number of aromatic nitrogens is 4. The van der Waals surface area contributed by atoms with Gasteiger partial charge in [-0.25, -0.2) is 18.4 Å². The zero-order valence-corrected chi connectivity index (χ0v) is 15.6. The van der Waals surface area contributed by atoms with Crippen LogP contribution in [0, 0.1) is 6.92 Å². The van der Waals surface area contributed by atoms with Crippen LogP contribution < -0.4 is 10.6 Å². The highest BCUT2D eigenvalue weighted by atomic mass is 32.2. The summed E-state index contributed by atoms with van der Waals surface area (Å²) >= 11 is 0. The van der Waals surface area contributed by atoms with E-state index in [0.717, 1.165) is 37.2 Å². The predicted octanol–water partition coefficient (Wildman–Crippen LogP) is 1.00. The number of piperidine rings is 1. The molecule has 1 saturated heterocycles. The fraction of sp³-hybridized carbons (Fsp3) is 0.562. The van der Waals surface area contributed by atoms with Gasteiger partial charge in [-0.15, -0.1) is 0 Å². The van der Waals surface area contributed by atoms with E-state index in [1.165, 1.54) is 12.5 Å². The van der Waals surface area contributed by atoms with Gasteiger partial charge in [0, 0.05) is 44.1 Å². The van der Waals surface area contributed by atoms with Crippen LogP contribution in [0.3, 0.4) is 0 Å². The summed E-state index contributed by atoms with van der Waals surface area (Å²) in [6.45, 7) is 4.19. The van der Waals surface area contributed by atoms with Gasteiger partial charge in [-0.05, 0) is 26.3 Å². The van der Waals surface area contributed by atoms with E-state index in [1.54, 1.807) is 4.68 Å². The van der Waals surface area contributed by atoms with E-state index < -0.39 is 9.84 Å². The summed E-state index contributed by atoms with van der Waals surface area (Å²) in [6.07, 6.45) is 6.50. The first-order valence-electron chi connectivity index (χ1n) is 8.35. The van der Waals surface area contributed by atoms with E-state index in [9.17, 15) is 8.42 Å². The topological polar surface area (TPSA) is 102 Å². The van der Waals surface area contributed by atoms with Crippen molar-refractivity contribution in [1.82, 2.24) is 25.1 Å². The van der Waals surface area contributed by atoms with Crippen LogP contribution >= 0.6 is 0 Å². The zero-order chi connectivity index (χ0) is 18.0. The molecule has 1 aliphatic rings. The number of anilines is 1. The molecule has 3 rings (SSSR count). The summed E-state index contributed by atoms with van der Waals surface area (Å²) in [5.41, 5.74) is 2.61. The standard InChI is InChI=1S/C16H24N6O2S/c1-11-13(10-22(2)21-11)8-18-16-19-9-14(25(3,23)24)15(20-16)12-5-4-6-17-7-12/h9-10,12,17H,4-8H2,1-3H3,(H,18,19,20)/t12-/m1/s1. The predicted molar refractivity (Wildman–Crippen MR) is 95.3 cm³/mol. The first kappa shape index (κ1) is 17.8. The van der Waals surface area contributed by atoms with Crippen LogP contribution in [0.2, 0.25) is 0 Å². The highest BCUT2D eigenvalue weighted by molar-refractivity contribution is 7.90. The van der Waals surface area contributed by atoms with Gasteiger partial charge in [0.05, 0.1) is 17.6 Å². The third-order valence-electron chi connectivity index (χ3n) is 4.42. The molecule has 1 fully saturated rings. The molecule has 3 heterocycles. The molecule has 0 radical (unpaired) electrons. The SMILES string of the molecule is Cc1nn(C)cc1CNc1ncc(S(C)(=O)=O)c([C@@H]2CCCNC2)n1. The minimum absolute atomic E-state index is 0.0853. The van der Waals surface area contributed by atoms with Crippen molar-refractivity contribution in [2.45, 2.75) is 37.1 Å². The molecule has 0 aromatic carbocycles. The molecular formula is C16H24N6O2S. The van der Waals surface area contributed by atoms with Crippen molar-refractivity contribution in [3.05, 3.63) is 29.3 Å². The molecule has 0 saturated carbocycles. The second-order valence-electron chi connectivity index (χ2n) is 6.53. The van der Waals surface area contributed by atoms with Crippen LogP contribution in [0.4, 0.5) is 5.95 Å². The number of sulfone groups is 1. The van der Waals surface area contributed by atoms with Crippen molar-refractivity contribution in [2.24, 2.45) is 7.05 Å². The molecule has 8 nitrogen and oxygen atoms in total. The molecule has 9 heteroatoms. The van der Waals surface area contributed by atoms with Crippen molar-refractivity contribution in [1.29, 1.82) is 0 Å². The fourth-order valence-corrected chi connectivity index (χ4v) is 3.97. The Balaban J connectivity index is 1.86. The first-order valence-corrected chi connectivity index (χ1v) is 10.2. The summed E-state index contributed by atoms with van der Waals surface area (Å²) in [5, 5.41) is 10.8. The van der Waals surface area contributed by atoms with Crippen LogP contribution in [-0.2, 0) is 23.4 Å². The molecule has 1 atom stereocenters. The van der Waals surface area contributed by atoms with Gasteiger partial charge in [0.15, 0.2) is 9.84 Å². The summed E-state index contributed by atoms with van der Waals surface area (Å²) in [6, 6.07) is 0. The molecule has 0 unspecified atom stereocenters. The maximum atomic E-state index is 12.1. The first-order chi connectivity index (χ1) is 11.8. The lowest BCUT2D eigenvalue weighted by Gasteiger charge is -2.24. The number of hydrogen-bond donors (Lipinski definition) is 2. The highest BCUT2D eigenvalue weighted by Crippen LogP contribution is 2.28. The Hall–Kier alpha value is -2.00. The molecule has 1 aliphatic heterocycles. The molecule has 0 bridgehead atoms. The smallest absolute Gasteiger partial charge is 0.223 e. The van der Waals surface area contributed by atoms with Gasteiger partial charge < -0.3 is 10.6 Å². The van der Waals surface area contributed by atoms with Crippen LogP contribution in [0.5, 0.6) is 0 Å². The monoisotopic (exact) mass is 364 g/mol. The average molecular weight is 364 g/mol. The van der Waals surface area contributed by atoms with Gasteiger partial charge in [-0.1, -0.05) is 0 Å². The van der Waals surface area contributed by atoms with Crippen molar-refractivity contribution < 1.29 is 8.42 Å². The zero-order valence-electron chi connectivity index (χ0n) is 14.8. The number of aryl methyl sites for hydroxylation is 2. The molecule has 0 aliphatic carbocycles. The number of nitrogens with zero attached hydrogens (tertiary/aromatic N) is 4. The Morgan fingerprint density at radius 3 is 2.84 bits per heavy atom. The van der Waals surface area contributed by atoms with Crippen LogP contribution in [0.15, 0.2) is 17.3 Å². The van der Waals surface area contributed by atoms with Crippen LogP contribution in [-0.4, -0.2) is 47.5 Å². The Labute approximate surface area is 148 Å². The highest BCUT2D eigenvalue weighted by Gasteiger charge is 2.25. The van der Waals surface area contributed by atoms with Gasteiger partial charge in [-0.2, -0.15) is 5.10 Å². The van der Waals surface area contributed by atoms with Crippen molar-refractivity contribution in [2.75, 3.05) is 24.7 Å². The van der Waals surface area contributed by atoms with E-state index >= 15 is 0 Å².